The fourth-order valence-electron chi connectivity index (χ4n) is 4.40. The molecule has 0 spiro atoms. The van der Waals surface area contributed by atoms with Crippen LogP contribution < -0.4 is 5.32 Å². The third-order valence-corrected chi connectivity index (χ3v) is 5.02. The zero-order valence-corrected chi connectivity index (χ0v) is 13.4. The molecule has 1 N–H and O–H groups in total. The van der Waals surface area contributed by atoms with Crippen molar-refractivity contribution in [2.75, 3.05) is 6.54 Å². The Morgan fingerprint density at radius 2 is 1.56 bits per heavy atom. The second kappa shape index (κ2) is 7.53. The van der Waals surface area contributed by atoms with Gasteiger partial charge >= 0.3 is 0 Å². The van der Waals surface area contributed by atoms with Crippen LogP contribution in [0, 0.1) is 17.3 Å². The summed E-state index contributed by atoms with van der Waals surface area (Å²) in [5, 5.41) is 3.87. The largest absolute Gasteiger partial charge is 0.313 e. The molecular weight excluding hydrogens is 218 g/mol. The highest BCUT2D eigenvalue weighted by atomic mass is 14.9. The van der Waals surface area contributed by atoms with E-state index in [1.54, 1.807) is 0 Å². The van der Waals surface area contributed by atoms with E-state index in [1.807, 2.05) is 0 Å². The average Bonchev–Trinajstić information content (AvgIpc) is 2.78. The second-order valence-corrected chi connectivity index (χ2v) is 6.78. The van der Waals surface area contributed by atoms with Crippen molar-refractivity contribution in [3.63, 3.8) is 0 Å². The fourth-order valence-corrected chi connectivity index (χ4v) is 4.40. The van der Waals surface area contributed by atoms with Gasteiger partial charge in [-0.3, -0.25) is 0 Å². The first kappa shape index (κ1) is 16.0. The minimum Gasteiger partial charge on any atom is -0.313 e. The van der Waals surface area contributed by atoms with Gasteiger partial charge in [0.1, 0.15) is 0 Å². The van der Waals surface area contributed by atoms with Gasteiger partial charge in [-0.1, -0.05) is 60.3 Å². The van der Waals surface area contributed by atoms with Crippen LogP contribution in [0.25, 0.3) is 0 Å². The van der Waals surface area contributed by atoms with E-state index in [4.69, 9.17) is 0 Å². The first-order chi connectivity index (χ1) is 8.59. The van der Waals surface area contributed by atoms with Crippen LogP contribution in [0.1, 0.15) is 79.6 Å². The Bertz CT molecular complexity index is 212. The van der Waals surface area contributed by atoms with Crippen LogP contribution in [-0.4, -0.2) is 12.6 Å². The highest BCUT2D eigenvalue weighted by Gasteiger charge is 2.43. The maximum Gasteiger partial charge on any atom is 0.0151 e. The summed E-state index contributed by atoms with van der Waals surface area (Å²) in [6.07, 6.45) is 9.89. The Balaban J connectivity index is 2.89. The van der Waals surface area contributed by atoms with Crippen molar-refractivity contribution < 1.29 is 0 Å². The van der Waals surface area contributed by atoms with Gasteiger partial charge in [0.25, 0.3) is 0 Å². The molecule has 1 rings (SSSR count). The van der Waals surface area contributed by atoms with Crippen LogP contribution in [0.15, 0.2) is 0 Å². The SMILES string of the molecule is CCNC(C(CC)CC)C1(CC(C)C)CCCC1. The average molecular weight is 253 g/mol. The van der Waals surface area contributed by atoms with E-state index in [0.717, 1.165) is 24.4 Å². The van der Waals surface area contributed by atoms with Crippen molar-refractivity contribution in [3.8, 4) is 0 Å². The van der Waals surface area contributed by atoms with Crippen LogP contribution in [0.2, 0.25) is 0 Å². The van der Waals surface area contributed by atoms with Crippen LogP contribution in [-0.2, 0) is 0 Å². The van der Waals surface area contributed by atoms with Crippen molar-refractivity contribution >= 4 is 0 Å². The van der Waals surface area contributed by atoms with E-state index in [9.17, 15) is 0 Å². The summed E-state index contributed by atoms with van der Waals surface area (Å²) < 4.78 is 0. The highest BCUT2D eigenvalue weighted by molar-refractivity contribution is 4.97. The minimum atomic E-state index is 0.598. The lowest BCUT2D eigenvalue weighted by atomic mass is 9.67. The van der Waals surface area contributed by atoms with Gasteiger partial charge in [0, 0.05) is 6.04 Å². The summed E-state index contributed by atoms with van der Waals surface area (Å²) >= 11 is 0. The molecule has 0 aromatic carbocycles. The topological polar surface area (TPSA) is 12.0 Å². The molecule has 0 amide bonds. The predicted molar refractivity (Wildman–Crippen MR) is 81.9 cm³/mol. The van der Waals surface area contributed by atoms with E-state index < -0.39 is 0 Å². The maximum absolute atomic E-state index is 3.87. The van der Waals surface area contributed by atoms with Gasteiger partial charge in [-0.05, 0) is 43.1 Å². The molecular formula is C17H35N. The molecule has 1 saturated carbocycles. The van der Waals surface area contributed by atoms with Gasteiger partial charge < -0.3 is 5.32 Å². The fraction of sp³-hybridized carbons (Fsp3) is 1.00. The molecule has 1 aliphatic rings. The third-order valence-electron chi connectivity index (χ3n) is 5.02. The molecule has 0 aliphatic heterocycles. The zero-order valence-electron chi connectivity index (χ0n) is 13.4. The van der Waals surface area contributed by atoms with E-state index in [2.05, 4.69) is 39.9 Å². The first-order valence-electron chi connectivity index (χ1n) is 8.33. The summed E-state index contributed by atoms with van der Waals surface area (Å²) in [4.78, 5) is 0. The van der Waals surface area contributed by atoms with Crippen molar-refractivity contribution in [1.82, 2.24) is 5.32 Å². The van der Waals surface area contributed by atoms with Crippen LogP contribution in [0.3, 0.4) is 0 Å². The van der Waals surface area contributed by atoms with Gasteiger partial charge in [0.05, 0.1) is 0 Å². The van der Waals surface area contributed by atoms with Gasteiger partial charge in [0.2, 0.25) is 0 Å². The van der Waals surface area contributed by atoms with Crippen molar-refractivity contribution in [2.45, 2.75) is 85.6 Å². The molecule has 1 atom stereocenters. The smallest absolute Gasteiger partial charge is 0.0151 e. The predicted octanol–water partition coefficient (Wildman–Crippen LogP) is 5.01. The summed E-state index contributed by atoms with van der Waals surface area (Å²) in [5.41, 5.74) is 0.598. The van der Waals surface area contributed by atoms with Gasteiger partial charge in [-0.15, -0.1) is 0 Å². The molecule has 1 unspecified atom stereocenters. The third kappa shape index (κ3) is 3.73. The number of nitrogens with one attached hydrogen (secondary N) is 1. The lowest BCUT2D eigenvalue weighted by Gasteiger charge is -2.43. The molecule has 1 fully saturated rings. The molecule has 0 saturated heterocycles. The van der Waals surface area contributed by atoms with Gasteiger partial charge in [0.15, 0.2) is 0 Å². The summed E-state index contributed by atoms with van der Waals surface area (Å²) in [5.74, 6) is 1.69. The van der Waals surface area contributed by atoms with E-state index >= 15 is 0 Å². The Morgan fingerprint density at radius 3 is 1.94 bits per heavy atom. The Morgan fingerprint density at radius 1 is 1.00 bits per heavy atom. The molecule has 0 bridgehead atoms. The van der Waals surface area contributed by atoms with Crippen molar-refractivity contribution in [1.29, 1.82) is 0 Å². The summed E-state index contributed by atoms with van der Waals surface area (Å²) in [6.45, 7) is 12.9. The number of hydrogen-bond acceptors (Lipinski definition) is 1. The minimum absolute atomic E-state index is 0.598. The monoisotopic (exact) mass is 253 g/mol. The molecule has 0 radical (unpaired) electrons. The molecule has 1 heteroatoms. The van der Waals surface area contributed by atoms with Crippen molar-refractivity contribution in [2.24, 2.45) is 17.3 Å². The standard InChI is InChI=1S/C17H35N/c1-6-15(7-2)16(18-8-3)17(13-14(4)5)11-9-10-12-17/h14-16,18H,6-13H2,1-5H3. The molecule has 0 aromatic rings. The van der Waals surface area contributed by atoms with E-state index in [1.165, 1.54) is 44.9 Å². The first-order valence-corrected chi connectivity index (χ1v) is 8.33. The van der Waals surface area contributed by atoms with E-state index in [-0.39, 0.29) is 0 Å². The summed E-state index contributed by atoms with van der Waals surface area (Å²) in [7, 11) is 0. The lowest BCUT2D eigenvalue weighted by Crippen LogP contribution is -2.49. The Hall–Kier alpha value is -0.0400. The second-order valence-electron chi connectivity index (χ2n) is 6.78. The molecule has 1 nitrogen and oxygen atoms in total. The number of rotatable bonds is 8. The zero-order chi connectivity index (χ0) is 13.6. The summed E-state index contributed by atoms with van der Waals surface area (Å²) in [6, 6.07) is 0.752. The quantitative estimate of drug-likeness (QED) is 0.641. The lowest BCUT2D eigenvalue weighted by molar-refractivity contribution is 0.106. The van der Waals surface area contributed by atoms with Crippen LogP contribution >= 0.6 is 0 Å². The molecule has 0 heterocycles. The van der Waals surface area contributed by atoms with Crippen molar-refractivity contribution in [3.05, 3.63) is 0 Å². The molecule has 1 aliphatic carbocycles. The number of hydrogen-bond donors (Lipinski definition) is 1. The normalized spacial score (nSPS) is 20.8. The highest BCUT2D eigenvalue weighted by Crippen LogP contribution is 2.48. The van der Waals surface area contributed by atoms with Gasteiger partial charge in [-0.2, -0.15) is 0 Å². The molecule has 18 heavy (non-hydrogen) atoms. The Labute approximate surface area is 115 Å². The van der Waals surface area contributed by atoms with Gasteiger partial charge in [-0.25, -0.2) is 0 Å². The van der Waals surface area contributed by atoms with Crippen LogP contribution in [0.5, 0.6) is 0 Å². The van der Waals surface area contributed by atoms with Crippen LogP contribution in [0.4, 0.5) is 0 Å². The molecule has 0 aromatic heterocycles. The Kier molecular flexibility index (Phi) is 6.70. The maximum atomic E-state index is 3.87. The van der Waals surface area contributed by atoms with E-state index in [0.29, 0.717) is 5.41 Å². The molecule has 108 valence electrons.